The van der Waals surface area contributed by atoms with E-state index in [0.717, 1.165) is 0 Å². The Morgan fingerprint density at radius 1 is 1.40 bits per heavy atom. The highest BCUT2D eigenvalue weighted by molar-refractivity contribution is 5.92. The van der Waals surface area contributed by atoms with E-state index in [1.165, 1.54) is 21.9 Å². The molecule has 1 atom stereocenters. The largest absolute Gasteiger partial charge is 0.481 e. The summed E-state index contributed by atoms with van der Waals surface area (Å²) in [5.41, 5.74) is 0.609. The van der Waals surface area contributed by atoms with Crippen LogP contribution in [0.5, 0.6) is 0 Å². The van der Waals surface area contributed by atoms with Gasteiger partial charge in [-0.1, -0.05) is 0 Å². The number of carboxylic acids is 1. The Hall–Kier alpha value is -2.11. The first kappa shape index (κ1) is 14.3. The van der Waals surface area contributed by atoms with Crippen LogP contribution in [0.3, 0.4) is 0 Å². The molecule has 20 heavy (non-hydrogen) atoms. The number of carbonyl (C=O) groups is 2. The number of hydrogen-bond acceptors (Lipinski definition) is 2. The third-order valence-electron chi connectivity index (χ3n) is 3.49. The molecule has 1 unspecified atom stereocenters. The van der Waals surface area contributed by atoms with Gasteiger partial charge < -0.3 is 10.0 Å². The number of amides is 2. The van der Waals surface area contributed by atoms with Crippen molar-refractivity contribution in [3.05, 3.63) is 30.1 Å². The summed E-state index contributed by atoms with van der Waals surface area (Å²) >= 11 is 0. The minimum atomic E-state index is -0.870. The van der Waals surface area contributed by atoms with Crippen LogP contribution in [0.2, 0.25) is 0 Å². The smallest absolute Gasteiger partial charge is 0.324 e. The number of carboxylic acid groups (broad SMARTS) is 1. The second-order valence-electron chi connectivity index (χ2n) is 4.77. The predicted molar refractivity (Wildman–Crippen MR) is 72.1 cm³/mol. The van der Waals surface area contributed by atoms with E-state index in [4.69, 9.17) is 5.11 Å². The second-order valence-corrected chi connectivity index (χ2v) is 4.77. The number of likely N-dealkylation sites (tertiary alicyclic amines) is 1. The molecule has 2 rings (SSSR count). The molecule has 108 valence electrons. The zero-order valence-corrected chi connectivity index (χ0v) is 11.3. The molecule has 0 aromatic heterocycles. The minimum absolute atomic E-state index is 0.228. The summed E-state index contributed by atoms with van der Waals surface area (Å²) < 4.78 is 12.9. The predicted octanol–water partition coefficient (Wildman–Crippen LogP) is 2.18. The van der Waals surface area contributed by atoms with Crippen molar-refractivity contribution in [1.82, 2.24) is 4.90 Å². The van der Waals surface area contributed by atoms with Gasteiger partial charge in [-0.3, -0.25) is 9.69 Å². The van der Waals surface area contributed by atoms with Gasteiger partial charge in [-0.05, 0) is 37.6 Å². The Bertz CT molecular complexity index is 504. The van der Waals surface area contributed by atoms with E-state index < -0.39 is 11.9 Å². The Balaban J connectivity index is 2.10. The SMILES string of the molecule is CCN(C(=O)N1CCC(C(=O)O)C1)c1ccc(F)cc1. The molecule has 1 aliphatic heterocycles. The highest BCUT2D eigenvalue weighted by Crippen LogP contribution is 2.21. The number of urea groups is 1. The Labute approximate surface area is 116 Å². The van der Waals surface area contributed by atoms with Crippen molar-refractivity contribution in [3.63, 3.8) is 0 Å². The number of rotatable bonds is 3. The van der Waals surface area contributed by atoms with Crippen molar-refractivity contribution < 1.29 is 19.1 Å². The highest BCUT2D eigenvalue weighted by Gasteiger charge is 2.33. The molecule has 5 nitrogen and oxygen atoms in total. The van der Waals surface area contributed by atoms with Crippen molar-refractivity contribution >= 4 is 17.7 Å². The number of benzene rings is 1. The fourth-order valence-electron chi connectivity index (χ4n) is 2.36. The van der Waals surface area contributed by atoms with Crippen LogP contribution in [0.4, 0.5) is 14.9 Å². The second kappa shape index (κ2) is 5.90. The molecule has 6 heteroatoms. The first-order chi connectivity index (χ1) is 9.52. The van der Waals surface area contributed by atoms with Gasteiger partial charge in [0.05, 0.1) is 5.92 Å². The van der Waals surface area contributed by atoms with Gasteiger partial charge in [0.15, 0.2) is 0 Å². The minimum Gasteiger partial charge on any atom is -0.481 e. The summed E-state index contributed by atoms with van der Waals surface area (Å²) in [4.78, 5) is 26.4. The number of halogens is 1. The average molecular weight is 280 g/mol. The number of anilines is 1. The van der Waals surface area contributed by atoms with Crippen molar-refractivity contribution in [2.45, 2.75) is 13.3 Å². The summed E-state index contributed by atoms with van der Waals surface area (Å²) in [5, 5.41) is 8.96. The molecular formula is C14H17FN2O3. The molecule has 1 N–H and O–H groups in total. The van der Waals surface area contributed by atoms with Crippen LogP contribution in [0.25, 0.3) is 0 Å². The van der Waals surface area contributed by atoms with Gasteiger partial charge in [0, 0.05) is 25.3 Å². The normalized spacial score (nSPS) is 18.1. The lowest BCUT2D eigenvalue weighted by molar-refractivity contribution is -0.141. The van der Waals surface area contributed by atoms with Crippen LogP contribution in [0.15, 0.2) is 24.3 Å². The van der Waals surface area contributed by atoms with Gasteiger partial charge in [-0.2, -0.15) is 0 Å². The molecule has 1 aliphatic rings. The summed E-state index contributed by atoms with van der Waals surface area (Å²) in [6.07, 6.45) is 0.474. The van der Waals surface area contributed by atoms with Crippen molar-refractivity contribution in [2.75, 3.05) is 24.5 Å². The Kier molecular flexibility index (Phi) is 4.22. The van der Waals surface area contributed by atoms with Gasteiger partial charge in [0.2, 0.25) is 0 Å². The number of carbonyl (C=O) groups excluding carboxylic acids is 1. The van der Waals surface area contributed by atoms with E-state index in [9.17, 15) is 14.0 Å². The highest BCUT2D eigenvalue weighted by atomic mass is 19.1. The van der Waals surface area contributed by atoms with Crippen LogP contribution < -0.4 is 4.90 Å². The molecule has 0 radical (unpaired) electrons. The molecule has 0 spiro atoms. The summed E-state index contributed by atoms with van der Waals surface area (Å²) in [6, 6.07) is 5.45. The monoisotopic (exact) mass is 280 g/mol. The van der Waals surface area contributed by atoms with Gasteiger partial charge in [0.1, 0.15) is 5.82 Å². The van der Waals surface area contributed by atoms with Crippen molar-refractivity contribution in [1.29, 1.82) is 0 Å². The Morgan fingerprint density at radius 3 is 2.55 bits per heavy atom. The summed E-state index contributed by atoms with van der Waals surface area (Å²) in [6.45, 7) is 2.93. The van der Waals surface area contributed by atoms with Crippen molar-refractivity contribution in [2.24, 2.45) is 5.92 Å². The number of aliphatic carboxylic acids is 1. The molecule has 0 aliphatic carbocycles. The zero-order chi connectivity index (χ0) is 14.7. The fraction of sp³-hybridized carbons (Fsp3) is 0.429. The molecule has 0 saturated carbocycles. The molecule has 0 bridgehead atoms. The van der Waals surface area contributed by atoms with Crippen LogP contribution in [-0.2, 0) is 4.79 Å². The summed E-state index contributed by atoms with van der Waals surface area (Å²) in [5.74, 6) is -1.72. The molecule has 2 amide bonds. The van der Waals surface area contributed by atoms with E-state index in [-0.39, 0.29) is 18.4 Å². The average Bonchev–Trinajstić information content (AvgIpc) is 2.91. The summed E-state index contributed by atoms with van der Waals surface area (Å²) in [7, 11) is 0. The van der Waals surface area contributed by atoms with Crippen LogP contribution >= 0.6 is 0 Å². The maximum Gasteiger partial charge on any atom is 0.324 e. The fourth-order valence-corrected chi connectivity index (χ4v) is 2.36. The number of nitrogens with zero attached hydrogens (tertiary/aromatic N) is 2. The molecule has 1 heterocycles. The van der Waals surface area contributed by atoms with Gasteiger partial charge in [-0.25, -0.2) is 9.18 Å². The quantitative estimate of drug-likeness (QED) is 0.923. The third kappa shape index (κ3) is 2.89. The third-order valence-corrected chi connectivity index (χ3v) is 3.49. The van der Waals surface area contributed by atoms with Crippen LogP contribution in [0.1, 0.15) is 13.3 Å². The molecule has 1 fully saturated rings. The lowest BCUT2D eigenvalue weighted by Gasteiger charge is -2.27. The van der Waals surface area contributed by atoms with E-state index in [0.29, 0.717) is 25.2 Å². The lowest BCUT2D eigenvalue weighted by atomic mass is 10.1. The van der Waals surface area contributed by atoms with Crippen LogP contribution in [0, 0.1) is 11.7 Å². The van der Waals surface area contributed by atoms with Gasteiger partial charge >= 0.3 is 12.0 Å². The molecular weight excluding hydrogens is 263 g/mol. The van der Waals surface area contributed by atoms with E-state index >= 15 is 0 Å². The van der Waals surface area contributed by atoms with E-state index in [1.54, 1.807) is 12.1 Å². The maximum atomic E-state index is 12.9. The molecule has 1 saturated heterocycles. The first-order valence-electron chi connectivity index (χ1n) is 6.57. The Morgan fingerprint density at radius 2 is 2.05 bits per heavy atom. The van der Waals surface area contributed by atoms with Crippen molar-refractivity contribution in [3.8, 4) is 0 Å². The van der Waals surface area contributed by atoms with Gasteiger partial charge in [-0.15, -0.1) is 0 Å². The zero-order valence-electron chi connectivity index (χ0n) is 11.3. The van der Waals surface area contributed by atoms with Crippen LogP contribution in [-0.4, -0.2) is 41.6 Å². The maximum absolute atomic E-state index is 12.9. The lowest BCUT2D eigenvalue weighted by Crippen LogP contribution is -2.42. The van der Waals surface area contributed by atoms with E-state index in [2.05, 4.69) is 0 Å². The standard InChI is InChI=1S/C14H17FN2O3/c1-2-17(12-5-3-11(15)4-6-12)14(20)16-8-7-10(9-16)13(18)19/h3-6,10H,2,7-9H2,1H3,(H,18,19). The first-order valence-corrected chi connectivity index (χ1v) is 6.57. The van der Waals surface area contributed by atoms with E-state index in [1.807, 2.05) is 6.92 Å². The topological polar surface area (TPSA) is 60.9 Å². The molecule has 1 aromatic rings. The number of hydrogen-bond donors (Lipinski definition) is 1. The van der Waals surface area contributed by atoms with Gasteiger partial charge in [0.25, 0.3) is 0 Å². The molecule has 1 aromatic carbocycles.